The summed E-state index contributed by atoms with van der Waals surface area (Å²) in [5.41, 5.74) is 0. The van der Waals surface area contributed by atoms with Crippen molar-refractivity contribution in [2.45, 2.75) is 70.4 Å². The quantitative estimate of drug-likeness (QED) is 0.766. The largest absolute Gasteiger partial charge is 0.461 e. The van der Waals surface area contributed by atoms with E-state index in [2.05, 4.69) is 12.2 Å². The molecule has 0 radical (unpaired) electrons. The number of hydrogen-bond acceptors (Lipinski definition) is 3. The number of hydrogen-bond donors (Lipinski definition) is 1. The van der Waals surface area contributed by atoms with Gasteiger partial charge in [-0.25, -0.2) is 0 Å². The molecule has 0 aromatic heterocycles. The second-order valence-electron chi connectivity index (χ2n) is 5.65. The summed E-state index contributed by atoms with van der Waals surface area (Å²) in [5, 5.41) is 3.31. The van der Waals surface area contributed by atoms with Crippen molar-refractivity contribution in [3.63, 3.8) is 0 Å². The highest BCUT2D eigenvalue weighted by molar-refractivity contribution is 5.71. The molecule has 98 valence electrons. The summed E-state index contributed by atoms with van der Waals surface area (Å²) in [6, 6.07) is 0.548. The number of ether oxygens (including phenoxy) is 1. The maximum absolute atomic E-state index is 11.7. The Morgan fingerprint density at radius 2 is 1.76 bits per heavy atom. The molecule has 2 aliphatic rings. The van der Waals surface area contributed by atoms with E-state index in [0.717, 1.165) is 6.42 Å². The van der Waals surface area contributed by atoms with Crippen LogP contribution in [-0.2, 0) is 9.53 Å². The lowest BCUT2D eigenvalue weighted by Crippen LogP contribution is -2.36. The molecule has 0 aromatic carbocycles. The Labute approximate surface area is 104 Å². The van der Waals surface area contributed by atoms with E-state index < -0.39 is 0 Å². The number of rotatable bonds is 4. The second-order valence-corrected chi connectivity index (χ2v) is 5.65. The van der Waals surface area contributed by atoms with Crippen LogP contribution in [0.1, 0.15) is 58.3 Å². The zero-order valence-corrected chi connectivity index (χ0v) is 10.9. The summed E-state index contributed by atoms with van der Waals surface area (Å²) in [6.45, 7) is 2.59. The van der Waals surface area contributed by atoms with Crippen molar-refractivity contribution in [3.05, 3.63) is 0 Å². The zero-order chi connectivity index (χ0) is 12.1. The molecular weight excluding hydrogens is 214 g/mol. The predicted octanol–water partition coefficient (Wildman–Crippen LogP) is 2.64. The molecular formula is C14H25NO2. The standard InChI is InChI=1S/C14H25NO2/c1-11-6-2-5-9-13(11)17-14(16)10-15-12-7-3-4-8-12/h11-13,15H,2-10H2,1H3. The molecule has 0 spiro atoms. The van der Waals surface area contributed by atoms with Gasteiger partial charge in [0.1, 0.15) is 6.10 Å². The van der Waals surface area contributed by atoms with Gasteiger partial charge in [0.05, 0.1) is 6.54 Å². The molecule has 2 aliphatic carbocycles. The average Bonchev–Trinajstić information content (AvgIpc) is 2.82. The molecule has 2 rings (SSSR count). The van der Waals surface area contributed by atoms with Crippen LogP contribution in [0.15, 0.2) is 0 Å². The first-order valence-electron chi connectivity index (χ1n) is 7.18. The molecule has 2 atom stereocenters. The van der Waals surface area contributed by atoms with E-state index in [1.807, 2.05) is 0 Å². The minimum absolute atomic E-state index is 0.0596. The molecule has 0 bridgehead atoms. The lowest BCUT2D eigenvalue weighted by Gasteiger charge is -2.28. The minimum Gasteiger partial charge on any atom is -0.461 e. The van der Waals surface area contributed by atoms with Crippen molar-refractivity contribution in [3.8, 4) is 0 Å². The van der Waals surface area contributed by atoms with E-state index in [1.54, 1.807) is 0 Å². The van der Waals surface area contributed by atoms with E-state index in [4.69, 9.17) is 4.74 Å². The molecule has 2 fully saturated rings. The van der Waals surface area contributed by atoms with Crippen LogP contribution in [0.4, 0.5) is 0 Å². The summed E-state index contributed by atoms with van der Waals surface area (Å²) < 4.78 is 5.56. The third-order valence-electron chi connectivity index (χ3n) is 4.21. The third-order valence-corrected chi connectivity index (χ3v) is 4.21. The van der Waals surface area contributed by atoms with Crippen LogP contribution < -0.4 is 5.32 Å². The normalized spacial score (nSPS) is 30.4. The van der Waals surface area contributed by atoms with E-state index in [0.29, 0.717) is 18.5 Å². The lowest BCUT2D eigenvalue weighted by molar-refractivity contribution is -0.152. The number of carbonyl (C=O) groups is 1. The molecule has 0 aliphatic heterocycles. The summed E-state index contributed by atoms with van der Waals surface area (Å²) >= 11 is 0. The molecule has 0 amide bonds. The topological polar surface area (TPSA) is 38.3 Å². The second kappa shape index (κ2) is 6.39. The molecule has 2 saturated carbocycles. The molecule has 3 heteroatoms. The monoisotopic (exact) mass is 239 g/mol. The average molecular weight is 239 g/mol. The van der Waals surface area contributed by atoms with Gasteiger partial charge < -0.3 is 10.1 Å². The van der Waals surface area contributed by atoms with Crippen molar-refractivity contribution in [2.75, 3.05) is 6.54 Å². The molecule has 17 heavy (non-hydrogen) atoms. The zero-order valence-electron chi connectivity index (χ0n) is 10.9. The van der Waals surface area contributed by atoms with E-state index >= 15 is 0 Å². The van der Waals surface area contributed by atoms with Crippen molar-refractivity contribution < 1.29 is 9.53 Å². The van der Waals surface area contributed by atoms with Gasteiger partial charge in [-0.2, -0.15) is 0 Å². The lowest BCUT2D eigenvalue weighted by atomic mass is 9.88. The Bertz CT molecular complexity index is 249. The maximum Gasteiger partial charge on any atom is 0.320 e. The SMILES string of the molecule is CC1CCCCC1OC(=O)CNC1CCCC1. The molecule has 0 saturated heterocycles. The van der Waals surface area contributed by atoms with Gasteiger partial charge in [0, 0.05) is 6.04 Å². The van der Waals surface area contributed by atoms with E-state index in [9.17, 15) is 4.79 Å². The van der Waals surface area contributed by atoms with Crippen LogP contribution in [0.2, 0.25) is 0 Å². The first kappa shape index (κ1) is 12.9. The van der Waals surface area contributed by atoms with Gasteiger partial charge >= 0.3 is 5.97 Å². The maximum atomic E-state index is 11.7. The van der Waals surface area contributed by atoms with Gasteiger partial charge in [0.25, 0.3) is 0 Å². The Kier molecular flexibility index (Phi) is 4.84. The first-order chi connectivity index (χ1) is 8.25. The summed E-state index contributed by atoms with van der Waals surface area (Å²) in [6.07, 6.45) is 9.94. The summed E-state index contributed by atoms with van der Waals surface area (Å²) in [4.78, 5) is 11.7. The third kappa shape index (κ3) is 3.98. The van der Waals surface area contributed by atoms with Crippen LogP contribution in [0, 0.1) is 5.92 Å². The van der Waals surface area contributed by atoms with Gasteiger partial charge in [-0.3, -0.25) is 4.79 Å². The highest BCUT2D eigenvalue weighted by atomic mass is 16.5. The van der Waals surface area contributed by atoms with Gasteiger partial charge in [-0.15, -0.1) is 0 Å². The highest BCUT2D eigenvalue weighted by Gasteiger charge is 2.25. The van der Waals surface area contributed by atoms with Crippen molar-refractivity contribution in [1.82, 2.24) is 5.32 Å². The fourth-order valence-electron chi connectivity index (χ4n) is 3.03. The van der Waals surface area contributed by atoms with Crippen molar-refractivity contribution in [2.24, 2.45) is 5.92 Å². The summed E-state index contributed by atoms with van der Waals surface area (Å²) in [7, 11) is 0. The first-order valence-corrected chi connectivity index (χ1v) is 7.18. The molecule has 0 heterocycles. The smallest absolute Gasteiger partial charge is 0.320 e. The van der Waals surface area contributed by atoms with Crippen LogP contribution in [0.5, 0.6) is 0 Å². The Morgan fingerprint density at radius 1 is 1.12 bits per heavy atom. The molecule has 0 aromatic rings. The van der Waals surface area contributed by atoms with Crippen LogP contribution in [0.25, 0.3) is 0 Å². The minimum atomic E-state index is -0.0596. The molecule has 2 unspecified atom stereocenters. The van der Waals surface area contributed by atoms with Gasteiger partial charge in [0.15, 0.2) is 0 Å². The fraction of sp³-hybridized carbons (Fsp3) is 0.929. The number of nitrogens with one attached hydrogen (secondary N) is 1. The van der Waals surface area contributed by atoms with Gasteiger partial charge in [0.2, 0.25) is 0 Å². The predicted molar refractivity (Wildman–Crippen MR) is 67.8 cm³/mol. The van der Waals surface area contributed by atoms with E-state index in [-0.39, 0.29) is 12.1 Å². The van der Waals surface area contributed by atoms with Crippen LogP contribution >= 0.6 is 0 Å². The van der Waals surface area contributed by atoms with Crippen LogP contribution in [-0.4, -0.2) is 24.7 Å². The van der Waals surface area contributed by atoms with Gasteiger partial charge in [-0.1, -0.05) is 26.2 Å². The van der Waals surface area contributed by atoms with Crippen LogP contribution in [0.3, 0.4) is 0 Å². The number of carbonyl (C=O) groups excluding carboxylic acids is 1. The fourth-order valence-corrected chi connectivity index (χ4v) is 3.03. The highest BCUT2D eigenvalue weighted by Crippen LogP contribution is 2.26. The summed E-state index contributed by atoms with van der Waals surface area (Å²) in [5.74, 6) is 0.481. The Balaban J connectivity index is 1.65. The van der Waals surface area contributed by atoms with Crippen molar-refractivity contribution in [1.29, 1.82) is 0 Å². The molecule has 3 nitrogen and oxygen atoms in total. The number of esters is 1. The van der Waals surface area contributed by atoms with Crippen molar-refractivity contribution >= 4 is 5.97 Å². The van der Waals surface area contributed by atoms with Gasteiger partial charge in [-0.05, 0) is 38.0 Å². The Hall–Kier alpha value is -0.570. The molecule has 1 N–H and O–H groups in total. The Morgan fingerprint density at radius 3 is 2.47 bits per heavy atom. The van der Waals surface area contributed by atoms with E-state index in [1.165, 1.54) is 44.9 Å².